The Bertz CT molecular complexity index is 1150. The van der Waals surface area contributed by atoms with Crippen LogP contribution in [0.1, 0.15) is 42.0 Å². The van der Waals surface area contributed by atoms with Crippen LogP contribution in [0.2, 0.25) is 5.02 Å². The van der Waals surface area contributed by atoms with Crippen LogP contribution in [0.5, 0.6) is 0 Å². The number of nitrogens with zero attached hydrogens (tertiary/aromatic N) is 1. The van der Waals surface area contributed by atoms with Gasteiger partial charge in [-0.2, -0.15) is 17.5 Å². The maximum atomic E-state index is 13.8. The number of fused-ring (bicyclic) bond motifs is 1. The number of hydrogen-bond acceptors (Lipinski definition) is 3. The number of amides is 1. The second-order valence-corrected chi connectivity index (χ2v) is 10.3. The minimum Gasteiger partial charge on any atom is -0.324 e. The molecule has 0 aromatic heterocycles. The molecule has 2 aromatic rings. The Morgan fingerprint density at radius 1 is 1.21 bits per heavy atom. The third-order valence-corrected chi connectivity index (χ3v) is 7.65. The van der Waals surface area contributed by atoms with Crippen molar-refractivity contribution < 1.29 is 30.8 Å². The topological polar surface area (TPSA) is 66.5 Å². The number of halogens is 5. The SMILES string of the molecule is CCCCS(=O)(=O)N1CCc2c(ccc(Cl)c2NC(=O)Cc2ccc(C(F)(F)F)c(F)c2)C1. The summed E-state index contributed by atoms with van der Waals surface area (Å²) in [5.74, 6) is -1.96. The van der Waals surface area contributed by atoms with Gasteiger partial charge in [-0.1, -0.05) is 37.1 Å². The van der Waals surface area contributed by atoms with Gasteiger partial charge in [-0.25, -0.2) is 12.8 Å². The van der Waals surface area contributed by atoms with E-state index < -0.39 is 33.5 Å². The van der Waals surface area contributed by atoms with Crippen molar-refractivity contribution >= 4 is 33.2 Å². The molecule has 0 unspecified atom stereocenters. The van der Waals surface area contributed by atoms with Crippen LogP contribution in [-0.4, -0.2) is 30.9 Å². The van der Waals surface area contributed by atoms with Crippen LogP contribution in [-0.2, 0) is 40.4 Å². The molecule has 1 heterocycles. The van der Waals surface area contributed by atoms with E-state index in [1.165, 1.54) is 4.31 Å². The van der Waals surface area contributed by atoms with Crippen LogP contribution in [0.15, 0.2) is 30.3 Å². The molecule has 0 spiro atoms. The van der Waals surface area contributed by atoms with Crippen LogP contribution in [0.25, 0.3) is 0 Å². The maximum absolute atomic E-state index is 13.8. The number of anilines is 1. The van der Waals surface area contributed by atoms with Crippen molar-refractivity contribution in [3.8, 4) is 0 Å². The van der Waals surface area contributed by atoms with Crippen molar-refractivity contribution in [3.05, 3.63) is 63.4 Å². The lowest BCUT2D eigenvalue weighted by Crippen LogP contribution is -2.37. The highest BCUT2D eigenvalue weighted by atomic mass is 35.5. The molecule has 180 valence electrons. The molecule has 5 nitrogen and oxygen atoms in total. The van der Waals surface area contributed by atoms with Gasteiger partial charge >= 0.3 is 6.18 Å². The second kappa shape index (κ2) is 9.99. The highest BCUT2D eigenvalue weighted by Gasteiger charge is 2.34. The van der Waals surface area contributed by atoms with E-state index in [9.17, 15) is 30.8 Å². The van der Waals surface area contributed by atoms with E-state index >= 15 is 0 Å². The van der Waals surface area contributed by atoms with E-state index in [2.05, 4.69) is 5.32 Å². The Morgan fingerprint density at radius 2 is 1.94 bits per heavy atom. The van der Waals surface area contributed by atoms with E-state index in [1.54, 1.807) is 12.1 Å². The highest BCUT2D eigenvalue weighted by Crippen LogP contribution is 2.34. The third kappa shape index (κ3) is 6.04. The van der Waals surface area contributed by atoms with Crippen molar-refractivity contribution in [1.82, 2.24) is 4.31 Å². The van der Waals surface area contributed by atoms with E-state index in [0.29, 0.717) is 41.8 Å². The van der Waals surface area contributed by atoms with Gasteiger partial charge in [-0.3, -0.25) is 4.79 Å². The highest BCUT2D eigenvalue weighted by molar-refractivity contribution is 7.89. The third-order valence-electron chi connectivity index (χ3n) is 5.43. The molecule has 11 heteroatoms. The molecular formula is C22H23ClF4N2O3S. The minimum atomic E-state index is -4.82. The predicted octanol–water partition coefficient (Wildman–Crippen LogP) is 5.17. The predicted molar refractivity (Wildman–Crippen MR) is 118 cm³/mol. The maximum Gasteiger partial charge on any atom is 0.419 e. The van der Waals surface area contributed by atoms with Crippen LogP contribution >= 0.6 is 11.6 Å². The molecule has 1 aliphatic heterocycles. The summed E-state index contributed by atoms with van der Waals surface area (Å²) in [7, 11) is -3.40. The number of rotatable bonds is 7. The molecule has 2 aromatic carbocycles. The fourth-order valence-electron chi connectivity index (χ4n) is 3.70. The summed E-state index contributed by atoms with van der Waals surface area (Å²) in [6.07, 6.45) is -3.51. The fraction of sp³-hybridized carbons (Fsp3) is 0.409. The van der Waals surface area contributed by atoms with Gasteiger partial charge < -0.3 is 5.32 Å². The van der Waals surface area contributed by atoms with E-state index in [1.807, 2.05) is 6.92 Å². The zero-order chi connectivity index (χ0) is 24.4. The van der Waals surface area contributed by atoms with Gasteiger partial charge in [0.15, 0.2) is 0 Å². The first kappa shape index (κ1) is 25.5. The lowest BCUT2D eigenvalue weighted by atomic mass is 9.98. The molecular weight excluding hydrogens is 484 g/mol. The monoisotopic (exact) mass is 506 g/mol. The molecule has 0 radical (unpaired) electrons. The molecule has 33 heavy (non-hydrogen) atoms. The fourth-order valence-corrected chi connectivity index (χ4v) is 5.54. The average Bonchev–Trinajstić information content (AvgIpc) is 2.73. The summed E-state index contributed by atoms with van der Waals surface area (Å²) in [4.78, 5) is 12.5. The van der Waals surface area contributed by atoms with Gasteiger partial charge in [0.05, 0.1) is 28.4 Å². The average molecular weight is 507 g/mol. The van der Waals surface area contributed by atoms with Crippen molar-refractivity contribution in [2.75, 3.05) is 17.6 Å². The molecule has 0 aliphatic carbocycles. The van der Waals surface area contributed by atoms with E-state index in [0.717, 1.165) is 12.5 Å². The van der Waals surface area contributed by atoms with Gasteiger partial charge in [0, 0.05) is 13.1 Å². The molecule has 0 saturated carbocycles. The Morgan fingerprint density at radius 3 is 2.58 bits per heavy atom. The van der Waals surface area contributed by atoms with Crippen LogP contribution in [0.3, 0.4) is 0 Å². The Hall–Kier alpha value is -2.17. The first-order valence-electron chi connectivity index (χ1n) is 10.4. The van der Waals surface area contributed by atoms with Crippen molar-refractivity contribution in [2.24, 2.45) is 0 Å². The summed E-state index contributed by atoms with van der Waals surface area (Å²) in [5, 5.41) is 2.91. The van der Waals surface area contributed by atoms with Crippen LogP contribution in [0, 0.1) is 5.82 Å². The smallest absolute Gasteiger partial charge is 0.324 e. The van der Waals surface area contributed by atoms with E-state index in [4.69, 9.17) is 11.6 Å². The lowest BCUT2D eigenvalue weighted by Gasteiger charge is -2.30. The lowest BCUT2D eigenvalue weighted by molar-refractivity contribution is -0.140. The largest absolute Gasteiger partial charge is 0.419 e. The first-order chi connectivity index (χ1) is 15.4. The Kier molecular flexibility index (Phi) is 7.70. The van der Waals surface area contributed by atoms with Gasteiger partial charge in [0.2, 0.25) is 15.9 Å². The number of benzene rings is 2. The standard InChI is InChI=1S/C22H23ClF4N2O3S/c1-2-3-10-33(31,32)29-9-8-16-15(13-29)5-7-18(23)21(16)28-20(30)12-14-4-6-17(19(24)11-14)22(25,26)27/h4-7,11H,2-3,8-10,12-13H2,1H3,(H,28,30). The minimum absolute atomic E-state index is 0.0692. The number of carbonyl (C=O) groups is 1. The quantitative estimate of drug-likeness (QED) is 0.527. The molecule has 1 aliphatic rings. The zero-order valence-corrected chi connectivity index (χ0v) is 19.4. The zero-order valence-electron chi connectivity index (χ0n) is 17.8. The molecule has 0 saturated heterocycles. The van der Waals surface area contributed by atoms with Crippen molar-refractivity contribution in [3.63, 3.8) is 0 Å². The number of carbonyl (C=O) groups excluding carboxylic acids is 1. The van der Waals surface area contributed by atoms with Gasteiger partial charge in [0.1, 0.15) is 5.82 Å². The normalized spacial score (nSPS) is 14.7. The molecule has 3 rings (SSSR count). The summed E-state index contributed by atoms with van der Waals surface area (Å²) in [6.45, 7) is 2.31. The Balaban J connectivity index is 1.76. The Labute approximate surface area is 194 Å². The number of hydrogen-bond donors (Lipinski definition) is 1. The molecule has 0 bridgehead atoms. The summed E-state index contributed by atoms with van der Waals surface area (Å²) >= 11 is 6.27. The first-order valence-corrected chi connectivity index (χ1v) is 12.3. The number of sulfonamides is 1. The molecule has 0 fully saturated rings. The summed E-state index contributed by atoms with van der Waals surface area (Å²) < 4.78 is 78.4. The van der Waals surface area contributed by atoms with Crippen LogP contribution in [0.4, 0.5) is 23.2 Å². The van der Waals surface area contributed by atoms with Gasteiger partial charge in [-0.15, -0.1) is 0 Å². The second-order valence-electron chi connectivity index (χ2n) is 7.85. The number of unbranched alkanes of at least 4 members (excludes halogenated alkanes) is 1. The van der Waals surface area contributed by atoms with Crippen molar-refractivity contribution in [2.45, 2.75) is 45.3 Å². The van der Waals surface area contributed by atoms with E-state index in [-0.39, 0.29) is 35.8 Å². The summed E-state index contributed by atoms with van der Waals surface area (Å²) in [5.41, 5.74) is 0.424. The van der Waals surface area contributed by atoms with Gasteiger partial charge in [0.25, 0.3) is 0 Å². The van der Waals surface area contributed by atoms with Crippen molar-refractivity contribution in [1.29, 1.82) is 0 Å². The van der Waals surface area contributed by atoms with Crippen LogP contribution < -0.4 is 5.32 Å². The molecule has 0 atom stereocenters. The number of alkyl halides is 3. The number of nitrogens with one attached hydrogen (secondary N) is 1. The van der Waals surface area contributed by atoms with Gasteiger partial charge in [-0.05, 0) is 47.7 Å². The molecule has 1 N–H and O–H groups in total. The molecule has 1 amide bonds. The summed E-state index contributed by atoms with van der Waals surface area (Å²) in [6, 6.07) is 5.59.